The van der Waals surface area contributed by atoms with Gasteiger partial charge < -0.3 is 19.3 Å². The molecule has 2 atom stereocenters. The molecule has 3 N–H and O–H groups in total. The molecular formula is C28H52N4O8. The summed E-state index contributed by atoms with van der Waals surface area (Å²) in [7, 11) is 0. The lowest BCUT2D eigenvalue weighted by molar-refractivity contribution is -0.159. The van der Waals surface area contributed by atoms with E-state index in [2.05, 4.69) is 11.1 Å². The molecule has 1 heterocycles. The fourth-order valence-electron chi connectivity index (χ4n) is 4.27. The number of carboxylic acids is 1. The van der Waals surface area contributed by atoms with E-state index in [-0.39, 0.29) is 49.7 Å². The Bertz CT molecular complexity index is 799. The molecule has 1 rings (SSSR count). The van der Waals surface area contributed by atoms with Crippen LogP contribution in [0.5, 0.6) is 0 Å². The lowest BCUT2D eigenvalue weighted by Gasteiger charge is -2.32. The third-order valence-electron chi connectivity index (χ3n) is 5.78. The maximum atomic E-state index is 12.7. The number of carboxylic acid groups (broad SMARTS) is 1. The second-order valence-corrected chi connectivity index (χ2v) is 13.5. The number of ether oxygens (including phenoxy) is 3. The number of carbonyl (C=O) groups excluding carboxylic acids is 3. The smallest absolute Gasteiger partial charge is 0.322 e. The lowest BCUT2D eigenvalue weighted by atomic mass is 9.88. The van der Waals surface area contributed by atoms with E-state index in [0.717, 1.165) is 0 Å². The quantitative estimate of drug-likeness (QED) is 0.290. The first kappa shape index (κ1) is 35.7. The summed E-state index contributed by atoms with van der Waals surface area (Å²) in [6, 6.07) is 0. The van der Waals surface area contributed by atoms with Crippen LogP contribution in [-0.4, -0.2) is 82.0 Å². The maximum Gasteiger partial charge on any atom is 0.322 e. The van der Waals surface area contributed by atoms with Crippen molar-refractivity contribution in [3.63, 3.8) is 0 Å². The van der Waals surface area contributed by atoms with Crippen molar-refractivity contribution in [2.75, 3.05) is 26.2 Å². The molecule has 1 aliphatic rings. The molecule has 1 aliphatic heterocycles. The monoisotopic (exact) mass is 572 g/mol. The number of nitrogens with zero attached hydrogens (tertiary/aromatic N) is 2. The number of hydrazine groups is 3. The molecule has 0 spiro atoms. The Morgan fingerprint density at radius 2 is 0.975 bits per heavy atom. The molecule has 12 heteroatoms. The van der Waals surface area contributed by atoms with Gasteiger partial charge in [0, 0.05) is 25.9 Å². The summed E-state index contributed by atoms with van der Waals surface area (Å²) >= 11 is 0. The summed E-state index contributed by atoms with van der Waals surface area (Å²) in [5, 5.41) is 12.5. The summed E-state index contributed by atoms with van der Waals surface area (Å²) in [5.74, 6) is -2.22. The number of hydrogen-bond acceptors (Lipinski definition) is 11. The Hall–Kier alpha value is -2.28. The summed E-state index contributed by atoms with van der Waals surface area (Å²) in [4.78, 5) is 49.4. The van der Waals surface area contributed by atoms with E-state index in [1.54, 1.807) is 25.8 Å². The predicted molar refractivity (Wildman–Crippen MR) is 149 cm³/mol. The predicted octanol–water partition coefficient (Wildman–Crippen LogP) is 3.21. The number of esters is 3. The molecule has 0 radical (unpaired) electrons. The first-order valence-corrected chi connectivity index (χ1v) is 14.1. The van der Waals surface area contributed by atoms with Crippen LogP contribution >= 0.6 is 0 Å². The normalized spacial score (nSPS) is 21.0. The SMILES string of the molecule is CC(C)(C)OC(=O)CC1CCC(CC(=O)OC(C)(C)C)CCN(CC(=O)OC(C)(C)C)NNN(CC(=O)O)CC1. The van der Waals surface area contributed by atoms with E-state index in [1.165, 1.54) is 5.01 Å². The van der Waals surface area contributed by atoms with Gasteiger partial charge in [-0.25, -0.2) is 10.0 Å². The zero-order valence-corrected chi connectivity index (χ0v) is 25.9. The minimum absolute atomic E-state index is 0.0616. The van der Waals surface area contributed by atoms with Crippen molar-refractivity contribution < 1.29 is 38.5 Å². The molecule has 0 aromatic rings. The average Bonchev–Trinajstić information content (AvgIpc) is 2.71. The van der Waals surface area contributed by atoms with Crippen LogP contribution in [0, 0.1) is 11.8 Å². The largest absolute Gasteiger partial charge is 0.480 e. The second-order valence-electron chi connectivity index (χ2n) is 13.5. The van der Waals surface area contributed by atoms with Crippen molar-refractivity contribution in [1.82, 2.24) is 21.1 Å². The van der Waals surface area contributed by atoms with Crippen LogP contribution in [0.1, 0.15) is 101 Å². The van der Waals surface area contributed by atoms with Gasteiger partial charge >= 0.3 is 23.9 Å². The molecule has 12 nitrogen and oxygen atoms in total. The van der Waals surface area contributed by atoms with Crippen molar-refractivity contribution in [2.24, 2.45) is 11.8 Å². The standard InChI is InChI=1S/C28H52N4O8/c1-26(2,3)38-23(35)16-20-10-11-21(17-24(36)39-27(4,5)6)13-15-32(19-25(37)40-28(7,8)9)30-29-31(14-12-20)18-22(33)34/h20-21,29-30H,10-19H2,1-9H3,(H,33,34). The molecule has 0 saturated carbocycles. The molecule has 40 heavy (non-hydrogen) atoms. The van der Waals surface area contributed by atoms with Crippen LogP contribution in [0.15, 0.2) is 0 Å². The fourth-order valence-corrected chi connectivity index (χ4v) is 4.27. The zero-order chi connectivity index (χ0) is 30.7. The first-order chi connectivity index (χ1) is 18.2. The van der Waals surface area contributed by atoms with Crippen molar-refractivity contribution in [3.8, 4) is 0 Å². The van der Waals surface area contributed by atoms with Crippen molar-refractivity contribution in [1.29, 1.82) is 0 Å². The minimum Gasteiger partial charge on any atom is -0.480 e. The van der Waals surface area contributed by atoms with E-state index in [1.807, 2.05) is 41.5 Å². The van der Waals surface area contributed by atoms with E-state index in [4.69, 9.17) is 14.2 Å². The molecule has 1 fully saturated rings. The highest BCUT2D eigenvalue weighted by Crippen LogP contribution is 2.26. The molecule has 2 unspecified atom stereocenters. The molecule has 232 valence electrons. The Kier molecular flexibility index (Phi) is 14.0. The van der Waals surface area contributed by atoms with Crippen LogP contribution in [0.4, 0.5) is 0 Å². The van der Waals surface area contributed by atoms with Crippen LogP contribution in [-0.2, 0) is 33.4 Å². The van der Waals surface area contributed by atoms with Gasteiger partial charge in [-0.05, 0) is 99.8 Å². The number of hydrogen-bond donors (Lipinski definition) is 3. The van der Waals surface area contributed by atoms with Gasteiger partial charge in [0.15, 0.2) is 0 Å². The Balaban J connectivity index is 3.13. The van der Waals surface area contributed by atoms with Crippen LogP contribution in [0.2, 0.25) is 0 Å². The van der Waals surface area contributed by atoms with Crippen molar-refractivity contribution >= 4 is 23.9 Å². The third-order valence-corrected chi connectivity index (χ3v) is 5.78. The number of aliphatic carboxylic acids is 1. The van der Waals surface area contributed by atoms with Gasteiger partial charge in [-0.2, -0.15) is 11.1 Å². The third kappa shape index (κ3) is 18.1. The van der Waals surface area contributed by atoms with Crippen molar-refractivity contribution in [3.05, 3.63) is 0 Å². The lowest BCUT2D eigenvalue weighted by Crippen LogP contribution is -2.58. The van der Waals surface area contributed by atoms with E-state index in [0.29, 0.717) is 38.8 Å². The van der Waals surface area contributed by atoms with Gasteiger partial charge in [-0.3, -0.25) is 19.2 Å². The summed E-state index contributed by atoms with van der Waals surface area (Å²) < 4.78 is 16.6. The number of rotatable bonds is 8. The van der Waals surface area contributed by atoms with E-state index in [9.17, 15) is 24.3 Å². The molecule has 0 aromatic heterocycles. The Morgan fingerprint density at radius 1 is 0.625 bits per heavy atom. The fraction of sp³-hybridized carbons (Fsp3) is 0.857. The van der Waals surface area contributed by atoms with Crippen LogP contribution < -0.4 is 11.1 Å². The van der Waals surface area contributed by atoms with Crippen molar-refractivity contribution in [2.45, 2.75) is 118 Å². The van der Waals surface area contributed by atoms with Gasteiger partial charge in [0.2, 0.25) is 0 Å². The highest BCUT2D eigenvalue weighted by atomic mass is 16.6. The van der Waals surface area contributed by atoms with Gasteiger partial charge in [0.1, 0.15) is 29.9 Å². The van der Waals surface area contributed by atoms with Gasteiger partial charge in [-0.1, -0.05) is 0 Å². The molecular weight excluding hydrogens is 520 g/mol. The second kappa shape index (κ2) is 15.6. The molecule has 0 aromatic carbocycles. The summed E-state index contributed by atoms with van der Waals surface area (Å²) in [5.41, 5.74) is 3.97. The van der Waals surface area contributed by atoms with Gasteiger partial charge in [-0.15, -0.1) is 0 Å². The first-order valence-electron chi connectivity index (χ1n) is 14.1. The average molecular weight is 573 g/mol. The molecule has 0 amide bonds. The summed E-state index contributed by atoms with van der Waals surface area (Å²) in [6.45, 7) is 16.6. The number of carbonyl (C=O) groups is 4. The summed E-state index contributed by atoms with van der Waals surface area (Å²) in [6.07, 6.45) is 2.76. The van der Waals surface area contributed by atoms with E-state index >= 15 is 0 Å². The zero-order valence-electron chi connectivity index (χ0n) is 25.9. The highest BCUT2D eigenvalue weighted by molar-refractivity contribution is 5.72. The maximum absolute atomic E-state index is 12.7. The number of nitrogens with one attached hydrogen (secondary N) is 2. The molecule has 1 saturated heterocycles. The molecule has 0 bridgehead atoms. The Morgan fingerprint density at radius 3 is 1.32 bits per heavy atom. The van der Waals surface area contributed by atoms with Gasteiger partial charge in [0.25, 0.3) is 0 Å². The Labute approximate surface area is 239 Å². The van der Waals surface area contributed by atoms with E-state index < -0.39 is 28.7 Å². The molecule has 0 aliphatic carbocycles. The van der Waals surface area contributed by atoms with Crippen LogP contribution in [0.25, 0.3) is 0 Å². The van der Waals surface area contributed by atoms with Crippen LogP contribution in [0.3, 0.4) is 0 Å². The topological polar surface area (TPSA) is 147 Å². The van der Waals surface area contributed by atoms with Gasteiger partial charge in [0.05, 0.1) is 0 Å². The highest BCUT2D eigenvalue weighted by Gasteiger charge is 2.27. The minimum atomic E-state index is -1.03.